The highest BCUT2D eigenvalue weighted by Crippen LogP contribution is 2.37. The number of aromatic nitrogens is 1. The SMILES string of the molecule is COc1ccc2c(c1)NC1(CCN(C(=O)CCc3cc(Cl)no3)CC1)NS2(=O)=O. The van der Waals surface area contributed by atoms with E-state index in [1.165, 1.54) is 13.2 Å². The van der Waals surface area contributed by atoms with Crippen LogP contribution in [-0.2, 0) is 21.2 Å². The van der Waals surface area contributed by atoms with Crippen molar-refractivity contribution in [3.63, 3.8) is 0 Å². The largest absolute Gasteiger partial charge is 0.497 e. The molecule has 1 saturated heterocycles. The van der Waals surface area contributed by atoms with Gasteiger partial charge in [0.1, 0.15) is 22.1 Å². The molecule has 4 rings (SSSR count). The van der Waals surface area contributed by atoms with E-state index < -0.39 is 15.7 Å². The van der Waals surface area contributed by atoms with Crippen molar-refractivity contribution in [1.29, 1.82) is 0 Å². The molecule has 3 heterocycles. The smallest absolute Gasteiger partial charge is 0.244 e. The Morgan fingerprint density at radius 2 is 2.10 bits per heavy atom. The fraction of sp³-hybridized carbons (Fsp3) is 0.444. The van der Waals surface area contributed by atoms with Crippen LogP contribution in [0.5, 0.6) is 5.75 Å². The summed E-state index contributed by atoms with van der Waals surface area (Å²) in [6, 6.07) is 6.40. The molecular formula is C18H21ClN4O5S. The zero-order valence-electron chi connectivity index (χ0n) is 15.8. The number of piperidine rings is 1. The first kappa shape index (κ1) is 20.0. The molecule has 1 amide bonds. The van der Waals surface area contributed by atoms with E-state index in [2.05, 4.69) is 15.2 Å². The third-order valence-corrected chi connectivity index (χ3v) is 7.04. The molecule has 1 fully saturated rings. The normalized spacial score (nSPS) is 19.4. The zero-order chi connectivity index (χ0) is 20.6. The Morgan fingerprint density at radius 1 is 1.34 bits per heavy atom. The van der Waals surface area contributed by atoms with Gasteiger partial charge in [0, 0.05) is 50.9 Å². The topological polar surface area (TPSA) is 114 Å². The highest BCUT2D eigenvalue weighted by molar-refractivity contribution is 7.89. The van der Waals surface area contributed by atoms with Crippen LogP contribution in [0.15, 0.2) is 33.7 Å². The van der Waals surface area contributed by atoms with E-state index in [9.17, 15) is 13.2 Å². The van der Waals surface area contributed by atoms with Gasteiger partial charge in [-0.1, -0.05) is 16.8 Å². The van der Waals surface area contributed by atoms with Crippen molar-refractivity contribution >= 4 is 33.2 Å². The average Bonchev–Trinajstić information content (AvgIpc) is 3.10. The second kappa shape index (κ2) is 7.51. The van der Waals surface area contributed by atoms with E-state index in [-0.39, 0.29) is 22.4 Å². The number of carbonyl (C=O) groups excluding carboxylic acids is 1. The maximum absolute atomic E-state index is 12.7. The number of sulfonamides is 1. The summed E-state index contributed by atoms with van der Waals surface area (Å²) in [5.41, 5.74) is -0.321. The van der Waals surface area contributed by atoms with E-state index in [4.69, 9.17) is 20.9 Å². The van der Waals surface area contributed by atoms with Crippen molar-refractivity contribution < 1.29 is 22.5 Å². The van der Waals surface area contributed by atoms with Crippen LogP contribution in [0.25, 0.3) is 0 Å². The van der Waals surface area contributed by atoms with Crippen LogP contribution in [0, 0.1) is 0 Å². The Morgan fingerprint density at radius 3 is 2.76 bits per heavy atom. The van der Waals surface area contributed by atoms with Gasteiger partial charge in [-0.05, 0) is 12.1 Å². The minimum Gasteiger partial charge on any atom is -0.497 e. The molecule has 0 aliphatic carbocycles. The van der Waals surface area contributed by atoms with Crippen LogP contribution >= 0.6 is 11.6 Å². The maximum atomic E-state index is 12.7. The fourth-order valence-corrected chi connectivity index (χ4v) is 5.40. The number of carbonyl (C=O) groups is 1. The quantitative estimate of drug-likeness (QED) is 0.747. The molecule has 0 unspecified atom stereocenters. The lowest BCUT2D eigenvalue weighted by atomic mass is 9.96. The Hall–Kier alpha value is -2.30. The molecule has 2 aliphatic rings. The molecule has 1 aromatic heterocycles. The number of aryl methyl sites for hydroxylation is 1. The first-order valence-corrected chi connectivity index (χ1v) is 11.1. The number of likely N-dealkylation sites (tertiary alicyclic amines) is 1. The lowest BCUT2D eigenvalue weighted by Gasteiger charge is -2.45. The number of hydrogen-bond acceptors (Lipinski definition) is 7. The second-order valence-corrected chi connectivity index (χ2v) is 9.21. The fourth-order valence-electron chi connectivity index (χ4n) is 3.72. The first-order valence-electron chi connectivity index (χ1n) is 9.19. The molecule has 0 bridgehead atoms. The number of fused-ring (bicyclic) bond motifs is 1. The summed E-state index contributed by atoms with van der Waals surface area (Å²) in [6.45, 7) is 0.871. The minimum atomic E-state index is -3.66. The van der Waals surface area contributed by atoms with E-state index in [1.807, 2.05) is 0 Å². The molecule has 2 aliphatic heterocycles. The monoisotopic (exact) mass is 440 g/mol. The Labute approximate surface area is 173 Å². The summed E-state index contributed by atoms with van der Waals surface area (Å²) in [7, 11) is -2.13. The molecule has 11 heteroatoms. The molecule has 2 aromatic rings. The van der Waals surface area contributed by atoms with Crippen LogP contribution in [0.3, 0.4) is 0 Å². The van der Waals surface area contributed by atoms with Gasteiger partial charge < -0.3 is 19.5 Å². The van der Waals surface area contributed by atoms with Crippen molar-refractivity contribution in [1.82, 2.24) is 14.8 Å². The van der Waals surface area contributed by atoms with Gasteiger partial charge in [0.15, 0.2) is 5.15 Å². The van der Waals surface area contributed by atoms with Crippen LogP contribution in [0.4, 0.5) is 5.69 Å². The first-order chi connectivity index (χ1) is 13.8. The zero-order valence-corrected chi connectivity index (χ0v) is 17.3. The maximum Gasteiger partial charge on any atom is 0.244 e. The summed E-state index contributed by atoms with van der Waals surface area (Å²) in [5.74, 6) is 1.11. The van der Waals surface area contributed by atoms with Gasteiger partial charge in [-0.15, -0.1) is 0 Å². The molecule has 1 spiro atoms. The standard InChI is InChI=1S/C18H21ClN4O5S/c1-27-12-2-4-15-14(10-12)20-18(22-29(15,25)26)6-8-23(9-7-18)17(24)5-3-13-11-16(19)21-28-13/h2,4,10-11,20,22H,3,5-9H2,1H3. The number of methoxy groups -OCH3 is 1. The van der Waals surface area contributed by atoms with Crippen LogP contribution in [-0.4, -0.2) is 50.2 Å². The Balaban J connectivity index is 1.42. The number of nitrogens with zero attached hydrogens (tertiary/aromatic N) is 2. The van der Waals surface area contributed by atoms with Gasteiger partial charge in [-0.3, -0.25) is 4.79 Å². The van der Waals surface area contributed by atoms with Gasteiger partial charge in [-0.25, -0.2) is 8.42 Å². The van der Waals surface area contributed by atoms with E-state index >= 15 is 0 Å². The lowest BCUT2D eigenvalue weighted by Crippen LogP contribution is -2.62. The Kier molecular flexibility index (Phi) is 5.18. The number of anilines is 1. The van der Waals surface area contributed by atoms with Crippen molar-refractivity contribution in [2.75, 3.05) is 25.5 Å². The summed E-state index contributed by atoms with van der Waals surface area (Å²) in [5, 5.41) is 7.17. The number of halogens is 1. The summed E-state index contributed by atoms with van der Waals surface area (Å²) < 4.78 is 38.4. The number of benzene rings is 1. The highest BCUT2D eigenvalue weighted by atomic mass is 35.5. The number of hydrogen-bond donors (Lipinski definition) is 2. The molecule has 9 nitrogen and oxygen atoms in total. The van der Waals surface area contributed by atoms with Gasteiger partial charge in [0.25, 0.3) is 0 Å². The van der Waals surface area contributed by atoms with Gasteiger partial charge in [0.05, 0.1) is 12.8 Å². The average molecular weight is 441 g/mol. The summed E-state index contributed by atoms with van der Waals surface area (Å²) >= 11 is 5.71. The van der Waals surface area contributed by atoms with Gasteiger partial charge in [0.2, 0.25) is 15.9 Å². The lowest BCUT2D eigenvalue weighted by molar-refractivity contribution is -0.132. The summed E-state index contributed by atoms with van der Waals surface area (Å²) in [6.07, 6.45) is 1.58. The predicted octanol–water partition coefficient (Wildman–Crippen LogP) is 1.99. The van der Waals surface area contributed by atoms with Gasteiger partial charge in [-0.2, -0.15) is 4.72 Å². The highest BCUT2D eigenvalue weighted by Gasteiger charge is 2.43. The van der Waals surface area contributed by atoms with Crippen LogP contribution < -0.4 is 14.8 Å². The third kappa shape index (κ3) is 4.05. The molecule has 2 N–H and O–H groups in total. The molecule has 156 valence electrons. The van der Waals surface area contributed by atoms with Crippen LogP contribution in [0.1, 0.15) is 25.0 Å². The van der Waals surface area contributed by atoms with E-state index in [0.29, 0.717) is 49.5 Å². The minimum absolute atomic E-state index is 0.0203. The van der Waals surface area contributed by atoms with Crippen molar-refractivity contribution in [2.45, 2.75) is 36.2 Å². The molecular weight excluding hydrogens is 420 g/mol. The van der Waals surface area contributed by atoms with E-state index in [1.54, 1.807) is 23.1 Å². The number of rotatable bonds is 4. The van der Waals surface area contributed by atoms with Gasteiger partial charge >= 0.3 is 0 Å². The molecule has 0 saturated carbocycles. The van der Waals surface area contributed by atoms with E-state index in [0.717, 1.165) is 0 Å². The second-order valence-electron chi connectivity index (χ2n) is 7.17. The number of amides is 1. The molecule has 0 atom stereocenters. The third-order valence-electron chi connectivity index (χ3n) is 5.27. The molecule has 1 aromatic carbocycles. The van der Waals surface area contributed by atoms with Crippen molar-refractivity contribution in [3.05, 3.63) is 35.2 Å². The number of nitrogens with one attached hydrogen (secondary N) is 2. The Bertz CT molecular complexity index is 1030. The number of ether oxygens (including phenoxy) is 1. The molecule has 29 heavy (non-hydrogen) atoms. The van der Waals surface area contributed by atoms with Crippen molar-refractivity contribution in [2.24, 2.45) is 0 Å². The summed E-state index contributed by atoms with van der Waals surface area (Å²) in [4.78, 5) is 14.4. The van der Waals surface area contributed by atoms with Crippen LogP contribution in [0.2, 0.25) is 5.15 Å². The molecule has 0 radical (unpaired) electrons. The predicted molar refractivity (Wildman–Crippen MR) is 105 cm³/mol. The van der Waals surface area contributed by atoms with Crippen molar-refractivity contribution in [3.8, 4) is 5.75 Å².